The molecule has 6 nitrogen and oxygen atoms in total. The van der Waals surface area contributed by atoms with Gasteiger partial charge in [-0.1, -0.05) is 4.68 Å². The largest absolute Gasteiger partial charge is 0.434 e. The molecule has 1 heterocycles. The fraction of sp³-hybridized carbons (Fsp3) is 0.143. The molecule has 0 aliphatic heterocycles. The summed E-state index contributed by atoms with van der Waals surface area (Å²) in [5.41, 5.74) is -0.647. The molecule has 0 radical (unpaired) electrons. The predicted octanol–water partition coefficient (Wildman–Crippen LogP) is -0.777. The Morgan fingerprint density at radius 1 is 1.62 bits per heavy atom. The van der Waals surface area contributed by atoms with E-state index in [1.54, 1.807) is 12.1 Å². The summed E-state index contributed by atoms with van der Waals surface area (Å²) in [7, 11) is 1.53. The van der Waals surface area contributed by atoms with Crippen molar-refractivity contribution < 1.29 is 9.20 Å². The number of aromatic nitrogens is 2. The van der Waals surface area contributed by atoms with Crippen LogP contribution in [0.25, 0.3) is 6.08 Å². The Morgan fingerprint density at radius 3 is 2.62 bits per heavy atom. The molecule has 0 atom stereocenters. The summed E-state index contributed by atoms with van der Waals surface area (Å²) in [4.78, 5) is 10.9. The van der Waals surface area contributed by atoms with Gasteiger partial charge in [-0.15, -0.1) is 0 Å². The number of aryl methyl sites for hydroxylation is 1. The smallest absolute Gasteiger partial charge is 0.283 e. The van der Waals surface area contributed by atoms with E-state index in [2.05, 4.69) is 9.79 Å². The van der Waals surface area contributed by atoms with Gasteiger partial charge in [-0.25, -0.2) is 4.79 Å². The molecule has 0 aromatic carbocycles. The van der Waals surface area contributed by atoms with Crippen LogP contribution in [-0.4, -0.2) is 5.27 Å². The van der Waals surface area contributed by atoms with E-state index >= 15 is 0 Å². The van der Waals surface area contributed by atoms with Crippen molar-refractivity contribution in [2.75, 3.05) is 0 Å². The van der Waals surface area contributed by atoms with E-state index in [0.717, 1.165) is 6.08 Å². The standard InChI is InChI=1S/C7H4N4O2/c1-11-6(7(12)13-10-11)2-5(3-8)4-9/h2H,1H3/p+1. The fourth-order valence-electron chi connectivity index (χ4n) is 0.730. The summed E-state index contributed by atoms with van der Waals surface area (Å²) in [5, 5.41) is 19.1. The van der Waals surface area contributed by atoms with Gasteiger partial charge >= 0.3 is 11.3 Å². The number of allylic oxidation sites excluding steroid dienone is 1. The highest BCUT2D eigenvalue weighted by atomic mass is 16.5. The topological polar surface area (TPSA) is 97.5 Å². The molecule has 64 valence electrons. The summed E-state index contributed by atoms with van der Waals surface area (Å²) in [6.07, 6.45) is 1.16. The van der Waals surface area contributed by atoms with E-state index in [0.29, 0.717) is 0 Å². The Kier molecular flexibility index (Phi) is 2.27. The van der Waals surface area contributed by atoms with E-state index in [1.807, 2.05) is 0 Å². The van der Waals surface area contributed by atoms with E-state index in [4.69, 9.17) is 10.5 Å². The first-order valence-electron chi connectivity index (χ1n) is 3.28. The third kappa shape index (κ3) is 1.63. The van der Waals surface area contributed by atoms with Crippen molar-refractivity contribution in [3.8, 4) is 12.1 Å². The molecular formula is C7H5N4O2+. The van der Waals surface area contributed by atoms with Crippen LogP contribution >= 0.6 is 0 Å². The number of rotatable bonds is 1. The average Bonchev–Trinajstić information content (AvgIpc) is 2.44. The Morgan fingerprint density at radius 2 is 2.23 bits per heavy atom. The highest BCUT2D eigenvalue weighted by Crippen LogP contribution is 1.94. The van der Waals surface area contributed by atoms with Crippen molar-refractivity contribution in [1.29, 1.82) is 10.5 Å². The van der Waals surface area contributed by atoms with E-state index in [-0.39, 0.29) is 11.3 Å². The zero-order valence-corrected chi connectivity index (χ0v) is 6.74. The zero-order chi connectivity index (χ0) is 9.84. The maximum atomic E-state index is 10.9. The van der Waals surface area contributed by atoms with Crippen LogP contribution in [-0.2, 0) is 7.05 Å². The molecule has 0 amide bonds. The van der Waals surface area contributed by atoms with E-state index in [9.17, 15) is 4.79 Å². The molecule has 0 aliphatic carbocycles. The van der Waals surface area contributed by atoms with Gasteiger partial charge in [-0.3, -0.25) is 4.52 Å². The number of hydrogen-bond donors (Lipinski definition) is 1. The molecular weight excluding hydrogens is 172 g/mol. The number of nitriles is 2. The number of nitrogens with zero attached hydrogens (tertiary/aromatic N) is 3. The summed E-state index contributed by atoms with van der Waals surface area (Å²) in [6, 6.07) is 3.27. The van der Waals surface area contributed by atoms with Crippen LogP contribution in [0.3, 0.4) is 0 Å². The van der Waals surface area contributed by atoms with Crippen LogP contribution in [0.2, 0.25) is 0 Å². The van der Waals surface area contributed by atoms with Crippen LogP contribution in [0.15, 0.2) is 14.9 Å². The zero-order valence-electron chi connectivity index (χ0n) is 6.74. The van der Waals surface area contributed by atoms with Crippen molar-refractivity contribution in [3.63, 3.8) is 0 Å². The summed E-state index contributed by atoms with van der Waals surface area (Å²) < 4.78 is 5.68. The minimum atomic E-state index is -0.620. The van der Waals surface area contributed by atoms with Gasteiger partial charge in [0.1, 0.15) is 17.7 Å². The molecule has 0 spiro atoms. The van der Waals surface area contributed by atoms with Gasteiger partial charge in [-0.05, 0) is 5.27 Å². The normalized spacial score (nSPS) is 8.54. The van der Waals surface area contributed by atoms with Crippen molar-refractivity contribution >= 4 is 6.08 Å². The lowest BCUT2D eigenvalue weighted by atomic mass is 10.2. The third-order valence-corrected chi connectivity index (χ3v) is 1.37. The maximum Gasteiger partial charge on any atom is 0.434 e. The molecule has 1 aromatic rings. The second kappa shape index (κ2) is 3.37. The van der Waals surface area contributed by atoms with Crippen LogP contribution in [0, 0.1) is 22.7 Å². The van der Waals surface area contributed by atoms with Crippen molar-refractivity contribution in [2.45, 2.75) is 0 Å². The molecule has 1 rings (SSSR count). The van der Waals surface area contributed by atoms with E-state index < -0.39 is 5.63 Å². The highest BCUT2D eigenvalue weighted by molar-refractivity contribution is 5.57. The highest BCUT2D eigenvalue weighted by Gasteiger charge is 2.14. The van der Waals surface area contributed by atoms with Crippen molar-refractivity contribution in [1.82, 2.24) is 5.27 Å². The molecule has 0 saturated heterocycles. The number of hydrogen-bond acceptors (Lipinski definition) is 4. The van der Waals surface area contributed by atoms with Crippen LogP contribution < -0.4 is 10.3 Å². The molecule has 0 bridgehead atoms. The second-order valence-corrected chi connectivity index (χ2v) is 2.21. The maximum absolute atomic E-state index is 10.9. The van der Waals surface area contributed by atoms with Gasteiger partial charge < -0.3 is 0 Å². The molecule has 0 aliphatic rings. The van der Waals surface area contributed by atoms with E-state index in [1.165, 1.54) is 11.7 Å². The Balaban J connectivity index is 3.28. The van der Waals surface area contributed by atoms with Gasteiger partial charge in [0.2, 0.25) is 0 Å². The predicted molar refractivity (Wildman–Crippen MR) is 39.7 cm³/mol. The molecule has 1 N–H and O–H groups in total. The van der Waals surface area contributed by atoms with Gasteiger partial charge in [0.15, 0.2) is 7.05 Å². The average molecular weight is 177 g/mol. The summed E-state index contributed by atoms with van der Waals surface area (Å²) in [6.45, 7) is 0. The fourth-order valence-corrected chi connectivity index (χ4v) is 0.730. The van der Waals surface area contributed by atoms with Gasteiger partial charge in [0.05, 0.1) is 0 Å². The summed E-state index contributed by atoms with van der Waals surface area (Å²) in [5.74, 6) is 0. The minimum Gasteiger partial charge on any atom is -0.283 e. The first-order chi connectivity index (χ1) is 6.19. The van der Waals surface area contributed by atoms with Gasteiger partial charge in [0, 0.05) is 6.08 Å². The second-order valence-electron chi connectivity index (χ2n) is 2.21. The lowest BCUT2D eigenvalue weighted by Gasteiger charge is -1.77. The lowest BCUT2D eigenvalue weighted by molar-refractivity contribution is -0.741. The van der Waals surface area contributed by atoms with Crippen LogP contribution in [0.5, 0.6) is 0 Å². The Bertz CT molecular complexity index is 464. The molecule has 1 aromatic heterocycles. The van der Waals surface area contributed by atoms with Gasteiger partial charge in [0.25, 0.3) is 0 Å². The Hall–Kier alpha value is -2.34. The summed E-state index contributed by atoms with van der Waals surface area (Å²) >= 11 is 0. The lowest BCUT2D eigenvalue weighted by Crippen LogP contribution is -2.34. The van der Waals surface area contributed by atoms with Crippen molar-refractivity contribution in [2.24, 2.45) is 7.05 Å². The molecule has 13 heavy (non-hydrogen) atoms. The first-order valence-corrected chi connectivity index (χ1v) is 3.28. The number of aromatic amines is 1. The monoisotopic (exact) mass is 177 g/mol. The number of H-pyrrole nitrogens is 1. The molecule has 6 heteroatoms. The minimum absolute atomic E-state index is 0.123. The van der Waals surface area contributed by atoms with Crippen LogP contribution in [0.4, 0.5) is 0 Å². The third-order valence-electron chi connectivity index (χ3n) is 1.37. The first kappa shape index (κ1) is 8.75. The molecule has 0 saturated carbocycles. The number of nitrogens with one attached hydrogen (secondary N) is 1. The molecule has 0 unspecified atom stereocenters. The van der Waals surface area contributed by atoms with Gasteiger partial charge in [-0.2, -0.15) is 10.5 Å². The quantitative estimate of drug-likeness (QED) is 0.449. The Labute approximate surface area is 72.9 Å². The SMILES string of the molecule is C[n+]1[nH]oc(=O)c1C=C(C#N)C#N. The van der Waals surface area contributed by atoms with Crippen molar-refractivity contribution in [3.05, 3.63) is 21.7 Å². The molecule has 0 fully saturated rings. The van der Waals surface area contributed by atoms with Crippen LogP contribution in [0.1, 0.15) is 5.69 Å².